The van der Waals surface area contributed by atoms with Gasteiger partial charge in [-0.05, 0) is 33.4 Å². The third kappa shape index (κ3) is 3.35. The van der Waals surface area contributed by atoms with E-state index in [0.29, 0.717) is 43.5 Å². The van der Waals surface area contributed by atoms with Crippen LogP contribution >= 0.6 is 0 Å². The maximum atomic E-state index is 5.55. The van der Waals surface area contributed by atoms with E-state index in [4.69, 9.17) is 19.8 Å². The number of nitrogens with one attached hydrogen (secondary N) is 1. The number of aromatic nitrogens is 6. The van der Waals surface area contributed by atoms with Crippen LogP contribution < -0.4 is 10.2 Å². The highest BCUT2D eigenvalue weighted by molar-refractivity contribution is 5.90. The van der Waals surface area contributed by atoms with Gasteiger partial charge in [-0.3, -0.25) is 9.58 Å². The molecule has 0 radical (unpaired) electrons. The zero-order valence-corrected chi connectivity index (χ0v) is 17.6. The summed E-state index contributed by atoms with van der Waals surface area (Å²) >= 11 is 0. The standard InChI is InChI=1S/C20H27N9O/c1-4-30-8-7-29-18-17(13(2)26-29)24-20(28-11-14-9-15(28)10-27(14)3)25-19(18)23-16-5-6-21-12-22-16/h5-6,12,14-15H,4,7-11H2,1-3H3,(H,21,22,23,24,25)/t14-,15-/m1/s1. The number of hydrogen-bond acceptors (Lipinski definition) is 9. The number of rotatable bonds is 7. The van der Waals surface area contributed by atoms with Crippen LogP contribution in [0.15, 0.2) is 18.6 Å². The summed E-state index contributed by atoms with van der Waals surface area (Å²) < 4.78 is 7.47. The smallest absolute Gasteiger partial charge is 0.228 e. The van der Waals surface area contributed by atoms with Gasteiger partial charge in [-0.25, -0.2) is 15.0 Å². The number of piperazine rings is 1. The number of ether oxygens (including phenoxy) is 1. The average molecular weight is 409 g/mol. The van der Waals surface area contributed by atoms with Gasteiger partial charge < -0.3 is 15.0 Å². The summed E-state index contributed by atoms with van der Waals surface area (Å²) in [5.41, 5.74) is 2.62. The molecular formula is C20H27N9O. The van der Waals surface area contributed by atoms with Gasteiger partial charge in [-0.15, -0.1) is 0 Å². The lowest BCUT2D eigenvalue weighted by Crippen LogP contribution is -2.45. The Morgan fingerprint density at radius 1 is 1.23 bits per heavy atom. The van der Waals surface area contributed by atoms with Crippen molar-refractivity contribution in [1.29, 1.82) is 0 Å². The first-order valence-electron chi connectivity index (χ1n) is 10.5. The van der Waals surface area contributed by atoms with E-state index >= 15 is 0 Å². The molecule has 5 rings (SSSR count). The maximum Gasteiger partial charge on any atom is 0.228 e. The zero-order chi connectivity index (χ0) is 20.7. The number of nitrogens with zero attached hydrogens (tertiary/aromatic N) is 8. The highest BCUT2D eigenvalue weighted by Crippen LogP contribution is 2.35. The minimum atomic E-state index is 0.456. The maximum absolute atomic E-state index is 5.55. The Kier molecular flexibility index (Phi) is 4.95. The van der Waals surface area contributed by atoms with E-state index in [2.05, 4.69) is 32.1 Å². The third-order valence-corrected chi connectivity index (χ3v) is 6.00. The Balaban J connectivity index is 1.57. The molecule has 30 heavy (non-hydrogen) atoms. The van der Waals surface area contributed by atoms with Gasteiger partial charge in [0.15, 0.2) is 5.82 Å². The quantitative estimate of drug-likeness (QED) is 0.584. The minimum absolute atomic E-state index is 0.456. The van der Waals surface area contributed by atoms with E-state index in [0.717, 1.165) is 35.8 Å². The van der Waals surface area contributed by atoms with Crippen LogP contribution in [0.25, 0.3) is 11.0 Å². The Bertz CT molecular complexity index is 1040. The van der Waals surface area contributed by atoms with Crippen LogP contribution in [0.4, 0.5) is 17.6 Å². The van der Waals surface area contributed by atoms with E-state index in [9.17, 15) is 0 Å². The van der Waals surface area contributed by atoms with Crippen molar-refractivity contribution in [2.45, 2.75) is 38.9 Å². The van der Waals surface area contributed by atoms with Crippen LogP contribution in [0.2, 0.25) is 0 Å². The SMILES string of the molecule is CCOCCn1nc(C)c2nc(N3C[C@H]4C[C@@H]3CN4C)nc(Nc3ccncn3)c21. The highest BCUT2D eigenvalue weighted by atomic mass is 16.5. The van der Waals surface area contributed by atoms with Crippen LogP contribution in [0, 0.1) is 6.92 Å². The topological polar surface area (TPSA) is 97.1 Å². The fourth-order valence-corrected chi connectivity index (χ4v) is 4.49. The van der Waals surface area contributed by atoms with E-state index < -0.39 is 0 Å². The van der Waals surface area contributed by atoms with Gasteiger partial charge >= 0.3 is 0 Å². The molecule has 10 heteroatoms. The Labute approximate surface area is 175 Å². The predicted molar refractivity (Wildman–Crippen MR) is 114 cm³/mol. The van der Waals surface area contributed by atoms with Gasteiger partial charge in [0, 0.05) is 38.0 Å². The van der Waals surface area contributed by atoms with Crippen LogP contribution in [-0.2, 0) is 11.3 Å². The van der Waals surface area contributed by atoms with Crippen molar-refractivity contribution in [3.05, 3.63) is 24.3 Å². The molecule has 2 saturated heterocycles. The van der Waals surface area contributed by atoms with Crippen LogP contribution in [0.1, 0.15) is 19.0 Å². The van der Waals surface area contributed by atoms with Crippen molar-refractivity contribution >= 4 is 28.6 Å². The van der Waals surface area contributed by atoms with Gasteiger partial charge in [-0.2, -0.15) is 10.1 Å². The lowest BCUT2D eigenvalue weighted by Gasteiger charge is -2.32. The summed E-state index contributed by atoms with van der Waals surface area (Å²) in [6.45, 7) is 7.89. The zero-order valence-electron chi connectivity index (χ0n) is 17.6. The number of fused-ring (bicyclic) bond motifs is 3. The number of aryl methyl sites for hydroxylation is 1. The Morgan fingerprint density at radius 3 is 2.83 bits per heavy atom. The molecule has 5 heterocycles. The molecule has 0 saturated carbocycles. The molecular weight excluding hydrogens is 382 g/mol. The minimum Gasteiger partial charge on any atom is -0.380 e. The fourth-order valence-electron chi connectivity index (χ4n) is 4.49. The Morgan fingerprint density at radius 2 is 2.13 bits per heavy atom. The van der Waals surface area contributed by atoms with Crippen molar-refractivity contribution in [2.75, 3.05) is 43.6 Å². The second-order valence-corrected chi connectivity index (χ2v) is 7.93. The fraction of sp³-hybridized carbons (Fsp3) is 0.550. The second kappa shape index (κ2) is 7.77. The molecule has 0 amide bonds. The summed E-state index contributed by atoms with van der Waals surface area (Å²) in [5, 5.41) is 8.09. The summed E-state index contributed by atoms with van der Waals surface area (Å²) in [6, 6.07) is 2.86. The molecule has 3 aromatic rings. The van der Waals surface area contributed by atoms with Crippen molar-refractivity contribution in [1.82, 2.24) is 34.6 Å². The van der Waals surface area contributed by atoms with E-state index in [1.807, 2.05) is 24.6 Å². The number of hydrogen-bond donors (Lipinski definition) is 1. The van der Waals surface area contributed by atoms with Crippen molar-refractivity contribution in [3.63, 3.8) is 0 Å². The molecule has 10 nitrogen and oxygen atoms in total. The molecule has 2 aliphatic rings. The van der Waals surface area contributed by atoms with Gasteiger partial charge in [0.25, 0.3) is 0 Å². The molecule has 0 aliphatic carbocycles. The number of likely N-dealkylation sites (N-methyl/N-ethyl adjacent to an activating group) is 1. The lowest BCUT2D eigenvalue weighted by molar-refractivity contribution is 0.137. The molecule has 2 atom stereocenters. The van der Waals surface area contributed by atoms with E-state index in [1.165, 1.54) is 12.7 Å². The molecule has 158 valence electrons. The van der Waals surface area contributed by atoms with Crippen molar-refractivity contribution in [2.24, 2.45) is 0 Å². The monoisotopic (exact) mass is 409 g/mol. The number of anilines is 3. The van der Waals surface area contributed by atoms with Gasteiger partial charge in [0.1, 0.15) is 23.2 Å². The first-order valence-corrected chi connectivity index (χ1v) is 10.5. The van der Waals surface area contributed by atoms with Crippen molar-refractivity contribution in [3.8, 4) is 0 Å². The van der Waals surface area contributed by atoms with Crippen LogP contribution in [-0.4, -0.2) is 80.1 Å². The highest BCUT2D eigenvalue weighted by Gasteiger charge is 2.42. The van der Waals surface area contributed by atoms with Crippen LogP contribution in [0.3, 0.4) is 0 Å². The first kappa shape index (κ1) is 19.1. The molecule has 2 bridgehead atoms. The van der Waals surface area contributed by atoms with Gasteiger partial charge in [-0.1, -0.05) is 0 Å². The molecule has 2 aliphatic heterocycles. The predicted octanol–water partition coefficient (Wildman–Crippen LogP) is 1.60. The molecule has 0 spiro atoms. The van der Waals surface area contributed by atoms with Gasteiger partial charge in [0.2, 0.25) is 5.95 Å². The summed E-state index contributed by atoms with van der Waals surface area (Å²) in [5.74, 6) is 2.16. The molecule has 1 N–H and O–H groups in total. The normalized spacial score (nSPS) is 21.1. The first-order chi connectivity index (χ1) is 14.6. The third-order valence-electron chi connectivity index (χ3n) is 6.00. The van der Waals surface area contributed by atoms with Gasteiger partial charge in [0.05, 0.1) is 18.8 Å². The molecule has 0 unspecified atom stereocenters. The lowest BCUT2D eigenvalue weighted by atomic mass is 10.2. The summed E-state index contributed by atoms with van der Waals surface area (Å²) in [6.07, 6.45) is 4.40. The number of likely N-dealkylation sites (tertiary alicyclic amines) is 1. The van der Waals surface area contributed by atoms with E-state index in [-0.39, 0.29) is 0 Å². The second-order valence-electron chi connectivity index (χ2n) is 7.93. The Hall–Kier alpha value is -2.85. The largest absolute Gasteiger partial charge is 0.380 e. The summed E-state index contributed by atoms with van der Waals surface area (Å²) in [4.78, 5) is 23.0. The molecule has 3 aromatic heterocycles. The molecule has 2 fully saturated rings. The van der Waals surface area contributed by atoms with Crippen LogP contribution in [0.5, 0.6) is 0 Å². The van der Waals surface area contributed by atoms with Crippen molar-refractivity contribution < 1.29 is 4.74 Å². The average Bonchev–Trinajstić information content (AvgIpc) is 3.42. The van der Waals surface area contributed by atoms with E-state index in [1.54, 1.807) is 6.20 Å². The molecule has 0 aromatic carbocycles. The summed E-state index contributed by atoms with van der Waals surface area (Å²) in [7, 11) is 2.20.